The maximum absolute atomic E-state index is 12.7. The van der Waals surface area contributed by atoms with E-state index >= 15 is 0 Å². The molecule has 3 aromatic heterocycles. The molecule has 4 aromatic rings. The minimum absolute atomic E-state index is 0.0335. The summed E-state index contributed by atoms with van der Waals surface area (Å²) in [7, 11) is -1.71. The number of aromatic nitrogens is 4. The fourth-order valence-electron chi connectivity index (χ4n) is 2.95. The molecule has 1 N–H and O–H groups in total. The summed E-state index contributed by atoms with van der Waals surface area (Å²) in [6.07, 6.45) is 6.15. The second kappa shape index (κ2) is 7.64. The lowest BCUT2D eigenvalue weighted by Crippen LogP contribution is -2.13. The minimum atomic E-state index is -3.60. The van der Waals surface area contributed by atoms with Gasteiger partial charge in [-0.2, -0.15) is 0 Å². The number of aryl methyl sites for hydroxylation is 1. The molecule has 9 nitrogen and oxygen atoms in total. The third-order valence-corrected chi connectivity index (χ3v) is 5.42. The Morgan fingerprint density at radius 2 is 1.90 bits per heavy atom. The number of hydrogen-bond acceptors (Lipinski definition) is 6. The van der Waals surface area contributed by atoms with E-state index in [2.05, 4.69) is 15.3 Å². The molecule has 0 aliphatic heterocycles. The maximum atomic E-state index is 12.7. The highest BCUT2D eigenvalue weighted by molar-refractivity contribution is 7.90. The Balaban J connectivity index is 1.51. The van der Waals surface area contributed by atoms with Crippen molar-refractivity contribution in [2.45, 2.75) is 11.8 Å². The highest BCUT2D eigenvalue weighted by Gasteiger charge is 2.22. The number of pyridine rings is 1. The number of fused-ring (bicyclic) bond motifs is 1. The van der Waals surface area contributed by atoms with Gasteiger partial charge in [-0.05, 0) is 36.4 Å². The maximum Gasteiger partial charge on any atom is 0.276 e. The van der Waals surface area contributed by atoms with Crippen LogP contribution in [0.2, 0.25) is 0 Å². The van der Waals surface area contributed by atoms with Crippen LogP contribution in [0.5, 0.6) is 5.75 Å². The number of carbonyl (C=O) groups is 1. The Kier molecular flexibility index (Phi) is 5.00. The molecule has 1 aromatic carbocycles. The summed E-state index contributed by atoms with van der Waals surface area (Å²) in [6.45, 7) is 0.324. The summed E-state index contributed by atoms with van der Waals surface area (Å²) in [5, 5.41) is 2.56. The zero-order valence-electron chi connectivity index (χ0n) is 16.3. The normalized spacial score (nSPS) is 11.5. The van der Waals surface area contributed by atoms with Crippen molar-refractivity contribution in [3.05, 3.63) is 72.6 Å². The van der Waals surface area contributed by atoms with E-state index in [1.807, 2.05) is 17.8 Å². The van der Waals surface area contributed by atoms with E-state index in [4.69, 9.17) is 4.74 Å². The van der Waals surface area contributed by atoms with E-state index < -0.39 is 15.7 Å². The molecule has 154 valence electrons. The number of rotatable bonds is 6. The zero-order valence-corrected chi connectivity index (χ0v) is 17.1. The number of sulfone groups is 1. The average molecular weight is 425 g/mol. The van der Waals surface area contributed by atoms with Crippen LogP contribution in [0.3, 0.4) is 0 Å². The van der Waals surface area contributed by atoms with Gasteiger partial charge in [0, 0.05) is 37.6 Å². The van der Waals surface area contributed by atoms with Gasteiger partial charge in [-0.1, -0.05) is 6.07 Å². The van der Waals surface area contributed by atoms with Crippen LogP contribution in [0.4, 0.5) is 5.69 Å². The molecule has 0 unspecified atom stereocenters. The first kappa shape index (κ1) is 19.6. The van der Waals surface area contributed by atoms with Crippen molar-refractivity contribution in [1.82, 2.24) is 18.9 Å². The summed E-state index contributed by atoms with van der Waals surface area (Å²) in [6, 6.07) is 11.9. The zero-order chi connectivity index (χ0) is 21.3. The van der Waals surface area contributed by atoms with Crippen LogP contribution in [0.25, 0.3) is 5.52 Å². The lowest BCUT2D eigenvalue weighted by Gasteiger charge is -2.08. The van der Waals surface area contributed by atoms with Crippen molar-refractivity contribution in [3.63, 3.8) is 0 Å². The summed E-state index contributed by atoms with van der Waals surface area (Å²) >= 11 is 0. The quantitative estimate of drug-likeness (QED) is 0.508. The van der Waals surface area contributed by atoms with Gasteiger partial charge < -0.3 is 14.6 Å². The second-order valence-electron chi connectivity index (χ2n) is 6.69. The molecule has 0 aliphatic carbocycles. The van der Waals surface area contributed by atoms with Crippen LogP contribution in [0.1, 0.15) is 16.3 Å². The number of nitrogens with one attached hydrogen (secondary N) is 1. The Morgan fingerprint density at radius 1 is 1.13 bits per heavy atom. The molecule has 0 aliphatic rings. The first-order valence-corrected chi connectivity index (χ1v) is 10.9. The first-order valence-electron chi connectivity index (χ1n) is 9.00. The van der Waals surface area contributed by atoms with Gasteiger partial charge in [-0.15, -0.1) is 0 Å². The van der Waals surface area contributed by atoms with Crippen molar-refractivity contribution in [2.24, 2.45) is 7.05 Å². The highest BCUT2D eigenvalue weighted by Crippen LogP contribution is 2.20. The number of amides is 1. The lowest BCUT2D eigenvalue weighted by molar-refractivity contribution is 0.102. The van der Waals surface area contributed by atoms with E-state index in [1.54, 1.807) is 54.9 Å². The summed E-state index contributed by atoms with van der Waals surface area (Å²) < 4.78 is 33.0. The Bertz CT molecular complexity index is 1320. The van der Waals surface area contributed by atoms with Gasteiger partial charge in [0.2, 0.25) is 15.0 Å². The molecule has 10 heteroatoms. The third kappa shape index (κ3) is 3.90. The fourth-order valence-corrected chi connectivity index (χ4v) is 3.72. The predicted molar refractivity (Wildman–Crippen MR) is 110 cm³/mol. The minimum Gasteiger partial charge on any atom is -0.486 e. The lowest BCUT2D eigenvalue weighted by atomic mass is 10.2. The Hall–Kier alpha value is -3.66. The smallest absolute Gasteiger partial charge is 0.276 e. The first-order chi connectivity index (χ1) is 14.3. The topological polar surface area (TPSA) is 108 Å². The van der Waals surface area contributed by atoms with Crippen molar-refractivity contribution < 1.29 is 17.9 Å². The number of imidazole rings is 2. The molecule has 0 bridgehead atoms. The van der Waals surface area contributed by atoms with Gasteiger partial charge in [0.15, 0.2) is 5.69 Å². The Labute approximate surface area is 172 Å². The summed E-state index contributed by atoms with van der Waals surface area (Å²) in [5.74, 6) is 0.916. The van der Waals surface area contributed by atoms with Gasteiger partial charge >= 0.3 is 0 Å². The molecular weight excluding hydrogens is 406 g/mol. The van der Waals surface area contributed by atoms with E-state index in [1.165, 1.54) is 4.40 Å². The van der Waals surface area contributed by atoms with Crippen LogP contribution in [-0.2, 0) is 23.5 Å². The van der Waals surface area contributed by atoms with Gasteiger partial charge in [0.05, 0.1) is 5.52 Å². The van der Waals surface area contributed by atoms with Crippen LogP contribution < -0.4 is 10.1 Å². The van der Waals surface area contributed by atoms with E-state index in [0.717, 1.165) is 12.1 Å². The molecule has 4 rings (SSSR count). The van der Waals surface area contributed by atoms with Crippen LogP contribution in [0.15, 0.2) is 66.2 Å². The number of carbonyl (C=O) groups excluding carboxylic acids is 1. The molecular formula is C20H19N5O4S. The van der Waals surface area contributed by atoms with Gasteiger partial charge in [0.1, 0.15) is 18.2 Å². The van der Waals surface area contributed by atoms with Crippen LogP contribution in [-0.4, -0.2) is 39.5 Å². The Morgan fingerprint density at radius 3 is 2.57 bits per heavy atom. The van der Waals surface area contributed by atoms with E-state index in [9.17, 15) is 13.2 Å². The van der Waals surface area contributed by atoms with E-state index in [-0.39, 0.29) is 10.9 Å². The van der Waals surface area contributed by atoms with Crippen molar-refractivity contribution in [3.8, 4) is 5.75 Å². The second-order valence-corrected chi connectivity index (χ2v) is 8.60. The summed E-state index contributed by atoms with van der Waals surface area (Å²) in [4.78, 5) is 21.0. The number of benzene rings is 1. The third-order valence-electron chi connectivity index (χ3n) is 4.46. The van der Waals surface area contributed by atoms with Gasteiger partial charge in [-0.3, -0.25) is 9.20 Å². The average Bonchev–Trinajstić information content (AvgIpc) is 3.31. The number of hydrogen-bond donors (Lipinski definition) is 1. The molecule has 3 heterocycles. The molecule has 0 atom stereocenters. The van der Waals surface area contributed by atoms with Crippen molar-refractivity contribution in [1.29, 1.82) is 0 Å². The molecule has 0 radical (unpaired) electrons. The van der Waals surface area contributed by atoms with Gasteiger partial charge in [-0.25, -0.2) is 18.4 Å². The van der Waals surface area contributed by atoms with Gasteiger partial charge in [0.25, 0.3) is 5.91 Å². The predicted octanol–water partition coefficient (Wildman–Crippen LogP) is 2.30. The molecule has 0 saturated carbocycles. The standard InChI is InChI=1S/C20H19N5O4S/c1-24-12-10-21-17(24)13-29-15-8-6-14(7-9-15)22-19(26)18-16-5-3-4-11-25(16)20(23-18)30(2,27)28/h3-12H,13H2,1-2H3,(H,22,26). The summed E-state index contributed by atoms with van der Waals surface area (Å²) in [5.41, 5.74) is 0.971. The molecule has 0 fully saturated rings. The monoisotopic (exact) mass is 425 g/mol. The van der Waals surface area contributed by atoms with Crippen molar-refractivity contribution in [2.75, 3.05) is 11.6 Å². The van der Waals surface area contributed by atoms with Crippen LogP contribution >= 0.6 is 0 Å². The number of ether oxygens (including phenoxy) is 1. The largest absolute Gasteiger partial charge is 0.486 e. The van der Waals surface area contributed by atoms with Crippen molar-refractivity contribution >= 4 is 26.9 Å². The molecule has 1 amide bonds. The SMILES string of the molecule is Cn1ccnc1COc1ccc(NC(=O)c2nc(S(C)(=O)=O)n3ccccc23)cc1. The number of anilines is 1. The molecule has 0 saturated heterocycles. The fraction of sp³-hybridized carbons (Fsp3) is 0.150. The highest BCUT2D eigenvalue weighted by atomic mass is 32.2. The van der Waals surface area contributed by atoms with Crippen LogP contribution in [0, 0.1) is 0 Å². The molecule has 0 spiro atoms. The van der Waals surface area contributed by atoms with E-state index in [0.29, 0.717) is 23.6 Å². The molecule has 30 heavy (non-hydrogen) atoms. The number of nitrogens with zero attached hydrogens (tertiary/aromatic N) is 4.